The van der Waals surface area contributed by atoms with E-state index in [9.17, 15) is 4.79 Å². The maximum atomic E-state index is 11.4. The average molecular weight is 273 g/mol. The fourth-order valence-corrected chi connectivity index (χ4v) is 2.20. The summed E-state index contributed by atoms with van der Waals surface area (Å²) >= 11 is 5.85. The number of nitrogen functional groups attached to an aromatic ring is 1. The lowest BCUT2D eigenvalue weighted by Crippen LogP contribution is -2.10. The van der Waals surface area contributed by atoms with Crippen LogP contribution in [-0.4, -0.2) is 5.91 Å². The number of nitrogens with one attached hydrogen (secondary N) is 1. The third-order valence-electron chi connectivity index (χ3n) is 3.10. The van der Waals surface area contributed by atoms with Crippen molar-refractivity contribution in [2.75, 3.05) is 11.2 Å². The first-order chi connectivity index (χ1) is 9.13. The summed E-state index contributed by atoms with van der Waals surface area (Å²) in [6, 6.07) is 11.1. The number of nitrogens with zero attached hydrogens (tertiary/aromatic N) is 1. The number of rotatable bonds is 2. The molecular formula is C14H11ClN3O. The Morgan fingerprint density at radius 2 is 1.95 bits per heavy atom. The van der Waals surface area contributed by atoms with Gasteiger partial charge in [-0.2, -0.15) is 0 Å². The Balaban J connectivity index is 1.93. The topological polar surface area (TPSA) is 69.2 Å². The molecule has 0 spiro atoms. The molecule has 19 heavy (non-hydrogen) atoms. The summed E-state index contributed by atoms with van der Waals surface area (Å²) in [6.45, 7) is 0. The largest absolute Gasteiger partial charge is 0.398 e. The molecule has 1 radical (unpaired) electrons. The van der Waals surface area contributed by atoms with E-state index in [1.807, 2.05) is 30.3 Å². The van der Waals surface area contributed by atoms with Gasteiger partial charge >= 0.3 is 0 Å². The predicted octanol–water partition coefficient (Wildman–Crippen LogP) is 2.60. The number of fused-ring (bicyclic) bond motifs is 1. The SMILES string of the molecule is Nc1cc2c(cc1Cc1ccc(Cl)cc1)N[N]C2=O. The normalized spacial score (nSPS) is 12.8. The Hall–Kier alpha value is -2.20. The van der Waals surface area contributed by atoms with Crippen molar-refractivity contribution in [3.05, 3.63) is 58.1 Å². The van der Waals surface area contributed by atoms with Crippen molar-refractivity contribution in [2.45, 2.75) is 6.42 Å². The van der Waals surface area contributed by atoms with Gasteiger partial charge in [0.15, 0.2) is 0 Å². The molecule has 0 atom stereocenters. The number of nitrogens with two attached hydrogens (primary N) is 1. The molecule has 1 aliphatic rings. The van der Waals surface area contributed by atoms with Crippen LogP contribution in [0.5, 0.6) is 0 Å². The minimum absolute atomic E-state index is 0.278. The van der Waals surface area contributed by atoms with E-state index < -0.39 is 0 Å². The zero-order valence-corrected chi connectivity index (χ0v) is 10.7. The van der Waals surface area contributed by atoms with Crippen LogP contribution in [0.3, 0.4) is 0 Å². The first-order valence-corrected chi connectivity index (χ1v) is 6.19. The Kier molecular flexibility index (Phi) is 2.80. The van der Waals surface area contributed by atoms with Crippen LogP contribution in [0.4, 0.5) is 11.4 Å². The fourth-order valence-electron chi connectivity index (χ4n) is 2.08. The Labute approximate surface area is 115 Å². The molecule has 0 saturated heterocycles. The van der Waals surface area contributed by atoms with Crippen molar-refractivity contribution in [1.29, 1.82) is 0 Å². The van der Waals surface area contributed by atoms with Gasteiger partial charge in [0.1, 0.15) is 0 Å². The van der Waals surface area contributed by atoms with Crippen molar-refractivity contribution in [1.82, 2.24) is 5.43 Å². The molecule has 4 nitrogen and oxygen atoms in total. The highest BCUT2D eigenvalue weighted by molar-refractivity contribution is 6.30. The molecular weight excluding hydrogens is 262 g/mol. The van der Waals surface area contributed by atoms with E-state index in [1.165, 1.54) is 0 Å². The summed E-state index contributed by atoms with van der Waals surface area (Å²) in [5.41, 5.74) is 16.2. The molecule has 1 heterocycles. The lowest BCUT2D eigenvalue weighted by molar-refractivity contribution is 0.0969. The molecule has 3 rings (SSSR count). The first-order valence-electron chi connectivity index (χ1n) is 5.81. The molecule has 5 heteroatoms. The highest BCUT2D eigenvalue weighted by Crippen LogP contribution is 2.28. The molecule has 0 saturated carbocycles. The minimum atomic E-state index is -0.278. The van der Waals surface area contributed by atoms with Gasteiger partial charge in [0, 0.05) is 10.7 Å². The summed E-state index contributed by atoms with van der Waals surface area (Å²) in [5, 5.41) is 0.705. The number of anilines is 2. The summed E-state index contributed by atoms with van der Waals surface area (Å²) in [6.07, 6.45) is 0.687. The quantitative estimate of drug-likeness (QED) is 0.826. The highest BCUT2D eigenvalue weighted by Gasteiger charge is 2.22. The van der Waals surface area contributed by atoms with E-state index >= 15 is 0 Å². The van der Waals surface area contributed by atoms with Gasteiger partial charge < -0.3 is 5.73 Å². The van der Waals surface area contributed by atoms with Gasteiger partial charge in [-0.15, -0.1) is 5.43 Å². The summed E-state index contributed by atoms with van der Waals surface area (Å²) in [7, 11) is 0. The molecule has 2 aromatic rings. The van der Waals surface area contributed by atoms with Crippen LogP contribution in [-0.2, 0) is 6.42 Å². The second-order valence-electron chi connectivity index (χ2n) is 4.43. The van der Waals surface area contributed by atoms with Crippen molar-refractivity contribution < 1.29 is 4.79 Å². The summed E-state index contributed by atoms with van der Waals surface area (Å²) < 4.78 is 0. The Morgan fingerprint density at radius 1 is 1.21 bits per heavy atom. The molecule has 0 fully saturated rings. The van der Waals surface area contributed by atoms with Crippen molar-refractivity contribution >= 4 is 28.9 Å². The van der Waals surface area contributed by atoms with E-state index in [2.05, 4.69) is 10.9 Å². The van der Waals surface area contributed by atoms with Crippen LogP contribution < -0.4 is 16.6 Å². The van der Waals surface area contributed by atoms with Crippen molar-refractivity contribution in [3.8, 4) is 0 Å². The van der Waals surface area contributed by atoms with Gasteiger partial charge in [0.25, 0.3) is 5.91 Å². The first kappa shape index (κ1) is 11.9. The molecule has 0 bridgehead atoms. The van der Waals surface area contributed by atoms with Gasteiger partial charge in [0.2, 0.25) is 0 Å². The number of carbonyl (C=O) groups excluding carboxylic acids is 1. The van der Waals surface area contributed by atoms with Gasteiger partial charge in [0.05, 0.1) is 11.3 Å². The lowest BCUT2D eigenvalue weighted by Gasteiger charge is -2.08. The van der Waals surface area contributed by atoms with Gasteiger partial charge in [-0.1, -0.05) is 23.7 Å². The Morgan fingerprint density at radius 3 is 2.68 bits per heavy atom. The predicted molar refractivity (Wildman–Crippen MR) is 75.2 cm³/mol. The molecule has 1 aliphatic heterocycles. The highest BCUT2D eigenvalue weighted by atomic mass is 35.5. The maximum Gasteiger partial charge on any atom is 0.295 e. The third-order valence-corrected chi connectivity index (χ3v) is 3.35. The molecule has 0 aromatic heterocycles. The zero-order valence-electron chi connectivity index (χ0n) is 9.98. The van der Waals surface area contributed by atoms with E-state index in [1.54, 1.807) is 6.07 Å². The monoisotopic (exact) mass is 272 g/mol. The molecule has 0 unspecified atom stereocenters. The van der Waals surface area contributed by atoms with E-state index in [4.69, 9.17) is 17.3 Å². The standard InChI is InChI=1S/C14H11ClN3O/c15-10-3-1-8(2-4-10)5-9-6-13-11(7-12(9)16)14(19)18-17-13/h1-4,6-7,17H,5,16H2. The average Bonchev–Trinajstić information content (AvgIpc) is 2.74. The maximum absolute atomic E-state index is 11.4. The summed E-state index contributed by atoms with van der Waals surface area (Å²) in [5.74, 6) is -0.278. The van der Waals surface area contributed by atoms with Crippen LogP contribution in [0.25, 0.3) is 0 Å². The number of hydrogen-bond acceptors (Lipinski definition) is 3. The molecule has 3 N–H and O–H groups in total. The second kappa shape index (κ2) is 4.48. The van der Waals surface area contributed by atoms with Crippen LogP contribution in [0.15, 0.2) is 36.4 Å². The molecule has 0 aliphatic carbocycles. The number of halogens is 1. The second-order valence-corrected chi connectivity index (χ2v) is 4.87. The number of hydrogen-bond donors (Lipinski definition) is 2. The number of amides is 1. The van der Waals surface area contributed by atoms with E-state index in [0.717, 1.165) is 11.1 Å². The molecule has 1 amide bonds. The van der Waals surface area contributed by atoms with Crippen molar-refractivity contribution in [2.24, 2.45) is 0 Å². The number of benzene rings is 2. The van der Waals surface area contributed by atoms with Gasteiger partial charge in [-0.05, 0) is 41.8 Å². The van der Waals surface area contributed by atoms with Crippen LogP contribution in [0.1, 0.15) is 21.5 Å². The number of carbonyl (C=O) groups is 1. The van der Waals surface area contributed by atoms with Crippen LogP contribution >= 0.6 is 11.6 Å². The van der Waals surface area contributed by atoms with Gasteiger partial charge in [-0.25, -0.2) is 0 Å². The van der Waals surface area contributed by atoms with Crippen LogP contribution in [0.2, 0.25) is 5.02 Å². The van der Waals surface area contributed by atoms with E-state index in [-0.39, 0.29) is 5.91 Å². The zero-order chi connectivity index (χ0) is 13.4. The minimum Gasteiger partial charge on any atom is -0.398 e. The Bertz CT molecular complexity index is 652. The molecule has 2 aromatic carbocycles. The van der Waals surface area contributed by atoms with Crippen molar-refractivity contribution in [3.63, 3.8) is 0 Å². The lowest BCUT2D eigenvalue weighted by atomic mass is 10.0. The smallest absolute Gasteiger partial charge is 0.295 e. The van der Waals surface area contributed by atoms with Gasteiger partial charge in [-0.3, -0.25) is 10.2 Å². The fraction of sp³-hybridized carbons (Fsp3) is 0.0714. The molecule has 95 valence electrons. The van der Waals surface area contributed by atoms with E-state index in [0.29, 0.717) is 28.4 Å². The van der Waals surface area contributed by atoms with Crippen LogP contribution in [0, 0.1) is 0 Å². The third kappa shape index (κ3) is 2.22. The summed E-state index contributed by atoms with van der Waals surface area (Å²) in [4.78, 5) is 11.4.